The summed E-state index contributed by atoms with van der Waals surface area (Å²) in [6, 6.07) is 8.25. The lowest BCUT2D eigenvalue weighted by Crippen LogP contribution is -2.18. The fourth-order valence-corrected chi connectivity index (χ4v) is 3.91. The van der Waals surface area contributed by atoms with Gasteiger partial charge >= 0.3 is 0 Å². The molecule has 5 heteroatoms. The summed E-state index contributed by atoms with van der Waals surface area (Å²) in [5.41, 5.74) is 1.23. The van der Waals surface area contributed by atoms with Crippen LogP contribution in [0.4, 0.5) is 0 Å². The highest BCUT2D eigenvalue weighted by atomic mass is 32.2. The SMILES string of the molecule is CCNCc1cccc(SCCS(=O)(=O)C(C)C)c1. The normalized spacial score (nSPS) is 12.0. The molecule has 0 atom stereocenters. The van der Waals surface area contributed by atoms with E-state index in [4.69, 9.17) is 0 Å². The zero-order chi connectivity index (χ0) is 14.3. The Kier molecular flexibility index (Phi) is 6.89. The summed E-state index contributed by atoms with van der Waals surface area (Å²) in [4.78, 5) is 1.13. The van der Waals surface area contributed by atoms with Crippen LogP contribution in [0, 0.1) is 0 Å². The molecule has 0 spiro atoms. The number of hydrogen-bond donors (Lipinski definition) is 1. The smallest absolute Gasteiger partial charge is 0.153 e. The van der Waals surface area contributed by atoms with E-state index in [1.54, 1.807) is 25.6 Å². The Morgan fingerprint density at radius 1 is 1.32 bits per heavy atom. The van der Waals surface area contributed by atoms with Crippen molar-refractivity contribution in [1.82, 2.24) is 5.32 Å². The van der Waals surface area contributed by atoms with Gasteiger partial charge in [0.25, 0.3) is 0 Å². The average molecular weight is 301 g/mol. The zero-order valence-corrected chi connectivity index (χ0v) is 13.5. The molecule has 0 aliphatic carbocycles. The fourth-order valence-electron chi connectivity index (χ4n) is 1.53. The molecule has 0 saturated carbocycles. The Balaban J connectivity index is 2.49. The van der Waals surface area contributed by atoms with Crippen molar-refractivity contribution in [1.29, 1.82) is 0 Å². The van der Waals surface area contributed by atoms with Gasteiger partial charge in [-0.05, 0) is 38.1 Å². The minimum absolute atomic E-state index is 0.243. The van der Waals surface area contributed by atoms with Gasteiger partial charge in [0.05, 0.1) is 11.0 Å². The van der Waals surface area contributed by atoms with Gasteiger partial charge in [0.15, 0.2) is 9.84 Å². The molecule has 0 bridgehead atoms. The lowest BCUT2D eigenvalue weighted by molar-refractivity contribution is 0.589. The van der Waals surface area contributed by atoms with E-state index in [1.807, 2.05) is 12.1 Å². The van der Waals surface area contributed by atoms with Crippen molar-refractivity contribution in [2.75, 3.05) is 18.1 Å². The Morgan fingerprint density at radius 3 is 2.68 bits per heavy atom. The minimum atomic E-state index is -2.93. The highest BCUT2D eigenvalue weighted by Gasteiger charge is 2.15. The number of rotatable bonds is 8. The lowest BCUT2D eigenvalue weighted by atomic mass is 10.2. The molecular weight excluding hydrogens is 278 g/mol. The molecule has 1 rings (SSSR count). The van der Waals surface area contributed by atoms with Crippen LogP contribution in [0.3, 0.4) is 0 Å². The number of hydrogen-bond acceptors (Lipinski definition) is 4. The van der Waals surface area contributed by atoms with E-state index in [0.29, 0.717) is 5.75 Å². The van der Waals surface area contributed by atoms with Gasteiger partial charge in [-0.25, -0.2) is 8.42 Å². The quantitative estimate of drug-likeness (QED) is 0.750. The average Bonchev–Trinajstić information content (AvgIpc) is 2.36. The Hall–Kier alpha value is -0.520. The highest BCUT2D eigenvalue weighted by Crippen LogP contribution is 2.20. The van der Waals surface area contributed by atoms with Crippen LogP contribution < -0.4 is 5.32 Å². The maximum absolute atomic E-state index is 11.7. The van der Waals surface area contributed by atoms with Gasteiger partial charge in [-0.15, -0.1) is 11.8 Å². The molecule has 0 unspecified atom stereocenters. The third kappa shape index (κ3) is 5.97. The summed E-state index contributed by atoms with van der Waals surface area (Å²) in [5.74, 6) is 0.859. The van der Waals surface area contributed by atoms with Gasteiger partial charge < -0.3 is 5.32 Å². The summed E-state index contributed by atoms with van der Waals surface area (Å²) in [7, 11) is -2.93. The zero-order valence-electron chi connectivity index (χ0n) is 11.8. The molecule has 1 aromatic rings. The van der Waals surface area contributed by atoms with Gasteiger partial charge in [0, 0.05) is 17.2 Å². The molecule has 0 fully saturated rings. The van der Waals surface area contributed by atoms with E-state index < -0.39 is 9.84 Å². The summed E-state index contributed by atoms with van der Waals surface area (Å²) in [6.45, 7) is 7.35. The van der Waals surface area contributed by atoms with E-state index in [2.05, 4.69) is 24.4 Å². The van der Waals surface area contributed by atoms with Gasteiger partial charge in [0.1, 0.15) is 0 Å². The molecule has 0 saturated heterocycles. The maximum atomic E-state index is 11.7. The van der Waals surface area contributed by atoms with Crippen LogP contribution >= 0.6 is 11.8 Å². The molecule has 1 aromatic carbocycles. The van der Waals surface area contributed by atoms with Gasteiger partial charge in [-0.3, -0.25) is 0 Å². The summed E-state index contributed by atoms with van der Waals surface area (Å²) in [5, 5.41) is 3.00. The van der Waals surface area contributed by atoms with Crippen LogP contribution in [0.15, 0.2) is 29.2 Å². The van der Waals surface area contributed by atoms with Gasteiger partial charge in [0.2, 0.25) is 0 Å². The van der Waals surface area contributed by atoms with Crippen LogP contribution in [0.1, 0.15) is 26.3 Å². The van der Waals surface area contributed by atoms with Crippen molar-refractivity contribution in [3.05, 3.63) is 29.8 Å². The first kappa shape index (κ1) is 16.5. The van der Waals surface area contributed by atoms with E-state index in [-0.39, 0.29) is 11.0 Å². The molecule has 1 N–H and O–H groups in total. The second kappa shape index (κ2) is 7.92. The molecule has 0 radical (unpaired) electrons. The van der Waals surface area contributed by atoms with E-state index in [1.165, 1.54) is 5.56 Å². The van der Waals surface area contributed by atoms with Crippen molar-refractivity contribution >= 4 is 21.6 Å². The molecule has 0 aromatic heterocycles. The van der Waals surface area contributed by atoms with E-state index in [9.17, 15) is 8.42 Å². The van der Waals surface area contributed by atoms with Gasteiger partial charge in [-0.1, -0.05) is 19.1 Å². The first-order chi connectivity index (χ1) is 8.95. The third-order valence-corrected chi connectivity index (χ3v) is 6.30. The summed E-state index contributed by atoms with van der Waals surface area (Å²) >= 11 is 1.61. The molecule has 3 nitrogen and oxygen atoms in total. The minimum Gasteiger partial charge on any atom is -0.313 e. The highest BCUT2D eigenvalue weighted by molar-refractivity contribution is 8.00. The van der Waals surface area contributed by atoms with Crippen molar-refractivity contribution in [2.24, 2.45) is 0 Å². The second-order valence-corrected chi connectivity index (χ2v) is 8.54. The van der Waals surface area contributed by atoms with Crippen LogP contribution in [0.5, 0.6) is 0 Å². The van der Waals surface area contributed by atoms with E-state index in [0.717, 1.165) is 18.0 Å². The molecule has 0 amide bonds. The van der Waals surface area contributed by atoms with Crippen LogP contribution in [0.25, 0.3) is 0 Å². The number of sulfone groups is 1. The molecule has 108 valence electrons. The third-order valence-electron chi connectivity index (χ3n) is 2.83. The largest absolute Gasteiger partial charge is 0.313 e. The fraction of sp³-hybridized carbons (Fsp3) is 0.571. The molecule has 0 heterocycles. The molecule has 0 aliphatic heterocycles. The standard InChI is InChI=1S/C14H23NO2S2/c1-4-15-11-13-6-5-7-14(10-13)18-8-9-19(16,17)12(2)3/h5-7,10,12,15H,4,8-9,11H2,1-3H3. The maximum Gasteiger partial charge on any atom is 0.153 e. The Bertz CT molecular complexity index is 484. The Morgan fingerprint density at radius 2 is 2.05 bits per heavy atom. The number of benzene rings is 1. The topological polar surface area (TPSA) is 46.2 Å². The predicted molar refractivity (Wildman–Crippen MR) is 83.5 cm³/mol. The molecule has 19 heavy (non-hydrogen) atoms. The van der Waals surface area contributed by atoms with Crippen molar-refractivity contribution < 1.29 is 8.42 Å². The van der Waals surface area contributed by atoms with E-state index >= 15 is 0 Å². The monoisotopic (exact) mass is 301 g/mol. The van der Waals surface area contributed by atoms with Gasteiger partial charge in [-0.2, -0.15) is 0 Å². The van der Waals surface area contributed by atoms with Crippen molar-refractivity contribution in [3.8, 4) is 0 Å². The van der Waals surface area contributed by atoms with Crippen LogP contribution in [0.2, 0.25) is 0 Å². The summed E-state index contributed by atoms with van der Waals surface area (Å²) in [6.07, 6.45) is 0. The van der Waals surface area contributed by atoms with Crippen LogP contribution in [-0.2, 0) is 16.4 Å². The summed E-state index contributed by atoms with van der Waals surface area (Å²) < 4.78 is 23.4. The van der Waals surface area contributed by atoms with Crippen LogP contribution in [-0.4, -0.2) is 31.7 Å². The lowest BCUT2D eigenvalue weighted by Gasteiger charge is -2.08. The first-order valence-corrected chi connectivity index (χ1v) is 9.30. The van der Waals surface area contributed by atoms with Crippen molar-refractivity contribution in [2.45, 2.75) is 37.5 Å². The van der Waals surface area contributed by atoms with Crippen molar-refractivity contribution in [3.63, 3.8) is 0 Å². The predicted octanol–water partition coefficient (Wildman–Crippen LogP) is 2.71. The second-order valence-electron chi connectivity index (χ2n) is 4.69. The Labute approximate surface area is 121 Å². The number of nitrogens with one attached hydrogen (secondary N) is 1. The number of thioether (sulfide) groups is 1. The molecular formula is C14H23NO2S2. The molecule has 0 aliphatic rings. The first-order valence-electron chi connectivity index (χ1n) is 6.59.